The smallest absolute Gasteiger partial charge is 0.240 e. The maximum Gasteiger partial charge on any atom is 0.240 e. The Balaban J connectivity index is 0.00000441. The Morgan fingerprint density at radius 2 is 1.77 bits per heavy atom. The van der Waals surface area contributed by atoms with Crippen molar-refractivity contribution in [2.75, 3.05) is 20.6 Å². The summed E-state index contributed by atoms with van der Waals surface area (Å²) in [6, 6.07) is 6.75. The van der Waals surface area contributed by atoms with Crippen LogP contribution in [0.5, 0.6) is 0 Å². The molecule has 0 saturated carbocycles. The molecular formula is C14H25IN4O2S. The van der Waals surface area contributed by atoms with Crippen molar-refractivity contribution in [2.24, 2.45) is 10.9 Å². The largest absolute Gasteiger partial charge is 0.356 e. The summed E-state index contributed by atoms with van der Waals surface area (Å²) in [6.45, 7) is 5.68. The molecule has 8 heteroatoms. The second-order valence-corrected chi connectivity index (χ2v) is 6.94. The molecule has 0 aliphatic carbocycles. The van der Waals surface area contributed by atoms with Gasteiger partial charge in [-0.2, -0.15) is 0 Å². The number of aliphatic imine (C=N–C) groups is 1. The van der Waals surface area contributed by atoms with Gasteiger partial charge in [0.25, 0.3) is 0 Å². The Kier molecular flexibility index (Phi) is 9.61. The molecule has 0 unspecified atom stereocenters. The molecule has 0 aliphatic heterocycles. The summed E-state index contributed by atoms with van der Waals surface area (Å²) in [6.07, 6.45) is 0. The predicted molar refractivity (Wildman–Crippen MR) is 101 cm³/mol. The lowest BCUT2D eigenvalue weighted by atomic mass is 10.2. The van der Waals surface area contributed by atoms with Gasteiger partial charge >= 0.3 is 0 Å². The van der Waals surface area contributed by atoms with E-state index in [0.29, 0.717) is 12.5 Å². The maximum atomic E-state index is 11.6. The second kappa shape index (κ2) is 10.0. The molecule has 0 heterocycles. The lowest BCUT2D eigenvalue weighted by molar-refractivity contribution is 0.588. The maximum absolute atomic E-state index is 11.6. The van der Waals surface area contributed by atoms with Gasteiger partial charge in [-0.05, 0) is 30.7 Å². The number of halogens is 1. The third-order valence-corrected chi connectivity index (χ3v) is 4.29. The first-order chi connectivity index (χ1) is 9.89. The van der Waals surface area contributed by atoms with Crippen LogP contribution in [0.4, 0.5) is 0 Å². The average molecular weight is 440 g/mol. The summed E-state index contributed by atoms with van der Waals surface area (Å²) in [4.78, 5) is 4.39. The van der Waals surface area contributed by atoms with Gasteiger partial charge in [0.15, 0.2) is 5.96 Å². The zero-order valence-corrected chi connectivity index (χ0v) is 16.5. The van der Waals surface area contributed by atoms with Crippen molar-refractivity contribution in [3.63, 3.8) is 0 Å². The third-order valence-electron chi connectivity index (χ3n) is 2.86. The summed E-state index contributed by atoms with van der Waals surface area (Å²) < 4.78 is 25.5. The average Bonchev–Trinajstić information content (AvgIpc) is 2.47. The number of sulfonamides is 1. The number of benzene rings is 1. The van der Waals surface area contributed by atoms with Crippen molar-refractivity contribution in [2.45, 2.75) is 25.3 Å². The first-order valence-electron chi connectivity index (χ1n) is 6.86. The van der Waals surface area contributed by atoms with Crippen molar-refractivity contribution >= 4 is 40.0 Å². The fourth-order valence-electron chi connectivity index (χ4n) is 1.61. The monoisotopic (exact) mass is 440 g/mol. The number of guanidine groups is 1. The van der Waals surface area contributed by atoms with Gasteiger partial charge in [0.05, 0.1) is 4.90 Å². The minimum absolute atomic E-state index is 0. The number of nitrogens with one attached hydrogen (secondary N) is 3. The Morgan fingerprint density at radius 1 is 1.18 bits per heavy atom. The SMILES string of the molecule is CN=C(NCc1ccc(S(=O)(=O)NC)cc1)NCC(C)C.I. The lowest BCUT2D eigenvalue weighted by Gasteiger charge is -2.13. The molecule has 0 aliphatic rings. The van der Waals surface area contributed by atoms with Gasteiger partial charge < -0.3 is 10.6 Å². The van der Waals surface area contributed by atoms with E-state index in [9.17, 15) is 8.42 Å². The van der Waals surface area contributed by atoms with E-state index < -0.39 is 10.0 Å². The highest BCUT2D eigenvalue weighted by atomic mass is 127. The number of rotatable bonds is 6. The van der Waals surface area contributed by atoms with Crippen molar-refractivity contribution in [3.8, 4) is 0 Å². The van der Waals surface area contributed by atoms with Crippen LogP contribution in [-0.2, 0) is 16.6 Å². The lowest BCUT2D eigenvalue weighted by Crippen LogP contribution is -2.38. The molecule has 0 atom stereocenters. The molecule has 0 amide bonds. The Bertz CT molecular complexity index is 571. The fraction of sp³-hybridized carbons (Fsp3) is 0.500. The Labute approximate surface area is 150 Å². The molecule has 0 radical (unpaired) electrons. The van der Waals surface area contributed by atoms with Crippen LogP contribution in [0.25, 0.3) is 0 Å². The predicted octanol–water partition coefficient (Wildman–Crippen LogP) is 1.53. The van der Waals surface area contributed by atoms with Crippen molar-refractivity contribution in [3.05, 3.63) is 29.8 Å². The molecular weight excluding hydrogens is 415 g/mol. The number of hydrogen-bond acceptors (Lipinski definition) is 3. The van der Waals surface area contributed by atoms with Gasteiger partial charge in [-0.25, -0.2) is 13.1 Å². The zero-order valence-electron chi connectivity index (χ0n) is 13.4. The van der Waals surface area contributed by atoms with Crippen LogP contribution in [0, 0.1) is 5.92 Å². The summed E-state index contributed by atoms with van der Waals surface area (Å²) in [5.41, 5.74) is 0.984. The minimum atomic E-state index is -3.38. The fourth-order valence-corrected chi connectivity index (χ4v) is 2.34. The summed E-state index contributed by atoms with van der Waals surface area (Å²) >= 11 is 0. The van der Waals surface area contributed by atoms with Crippen molar-refractivity contribution < 1.29 is 8.42 Å². The standard InChI is InChI=1S/C14H24N4O2S.HI/c1-11(2)9-17-14(15-3)18-10-12-5-7-13(8-6-12)21(19,20)16-4;/h5-8,11,16H,9-10H2,1-4H3,(H2,15,17,18);1H. The quantitative estimate of drug-likeness (QED) is 0.356. The van der Waals surface area contributed by atoms with E-state index in [-0.39, 0.29) is 28.9 Å². The van der Waals surface area contributed by atoms with Gasteiger partial charge in [0, 0.05) is 20.1 Å². The van der Waals surface area contributed by atoms with E-state index in [1.165, 1.54) is 7.05 Å². The summed E-state index contributed by atoms with van der Waals surface area (Å²) in [5.74, 6) is 1.27. The highest BCUT2D eigenvalue weighted by molar-refractivity contribution is 14.0. The molecule has 1 rings (SSSR count). The van der Waals surface area contributed by atoms with Crippen LogP contribution in [0.1, 0.15) is 19.4 Å². The number of hydrogen-bond donors (Lipinski definition) is 3. The van der Waals surface area contributed by atoms with Crippen LogP contribution in [0.2, 0.25) is 0 Å². The topological polar surface area (TPSA) is 82.6 Å². The highest BCUT2D eigenvalue weighted by Gasteiger charge is 2.10. The van der Waals surface area contributed by atoms with E-state index in [1.54, 1.807) is 31.3 Å². The molecule has 1 aromatic rings. The van der Waals surface area contributed by atoms with E-state index in [1.807, 2.05) is 0 Å². The molecule has 1 aromatic carbocycles. The van der Waals surface area contributed by atoms with Gasteiger partial charge in [0.1, 0.15) is 0 Å². The zero-order chi connectivity index (χ0) is 15.9. The van der Waals surface area contributed by atoms with E-state index in [0.717, 1.165) is 18.1 Å². The Morgan fingerprint density at radius 3 is 2.23 bits per heavy atom. The van der Waals surface area contributed by atoms with Crippen LogP contribution < -0.4 is 15.4 Å². The molecule has 3 N–H and O–H groups in total. The molecule has 0 saturated heterocycles. The van der Waals surface area contributed by atoms with E-state index >= 15 is 0 Å². The van der Waals surface area contributed by atoms with Crippen LogP contribution in [0.15, 0.2) is 34.2 Å². The molecule has 0 fully saturated rings. The molecule has 6 nitrogen and oxygen atoms in total. The summed E-state index contributed by atoms with van der Waals surface area (Å²) in [5, 5.41) is 6.40. The van der Waals surface area contributed by atoms with E-state index in [4.69, 9.17) is 0 Å². The van der Waals surface area contributed by atoms with Crippen LogP contribution in [-0.4, -0.2) is 35.0 Å². The van der Waals surface area contributed by atoms with Gasteiger partial charge in [0.2, 0.25) is 10.0 Å². The molecule has 0 spiro atoms. The molecule has 126 valence electrons. The highest BCUT2D eigenvalue weighted by Crippen LogP contribution is 2.09. The van der Waals surface area contributed by atoms with Crippen LogP contribution in [0.3, 0.4) is 0 Å². The second-order valence-electron chi connectivity index (χ2n) is 5.05. The van der Waals surface area contributed by atoms with E-state index in [2.05, 4.69) is 34.2 Å². The Hall–Kier alpha value is -0.870. The number of nitrogens with zero attached hydrogens (tertiary/aromatic N) is 1. The third kappa shape index (κ3) is 6.93. The summed E-state index contributed by atoms with van der Waals surface area (Å²) in [7, 11) is -0.257. The van der Waals surface area contributed by atoms with Crippen molar-refractivity contribution in [1.82, 2.24) is 15.4 Å². The van der Waals surface area contributed by atoms with Gasteiger partial charge in [-0.3, -0.25) is 4.99 Å². The van der Waals surface area contributed by atoms with Gasteiger partial charge in [-0.15, -0.1) is 24.0 Å². The first-order valence-corrected chi connectivity index (χ1v) is 8.34. The molecule has 0 aromatic heterocycles. The minimum Gasteiger partial charge on any atom is -0.356 e. The van der Waals surface area contributed by atoms with Gasteiger partial charge in [-0.1, -0.05) is 26.0 Å². The normalized spacial score (nSPS) is 12.0. The first kappa shape index (κ1) is 21.1. The molecule has 0 bridgehead atoms. The van der Waals surface area contributed by atoms with Crippen LogP contribution >= 0.6 is 24.0 Å². The molecule has 22 heavy (non-hydrogen) atoms. The van der Waals surface area contributed by atoms with Crippen molar-refractivity contribution in [1.29, 1.82) is 0 Å².